The summed E-state index contributed by atoms with van der Waals surface area (Å²) in [6, 6.07) is 11.5. The Balaban J connectivity index is 1.70. The molecule has 1 N–H and O–H groups in total. The van der Waals surface area contributed by atoms with E-state index in [0.29, 0.717) is 33.5 Å². The molecule has 1 fully saturated rings. The molecule has 3 rings (SSSR count). The predicted octanol–water partition coefficient (Wildman–Crippen LogP) is 2.74. The number of ether oxygens (including phenoxy) is 2. The lowest BCUT2D eigenvalue weighted by atomic mass is 10.2. The smallest absolute Gasteiger partial charge is 0.276 e. The van der Waals surface area contributed by atoms with E-state index in [9.17, 15) is 14.9 Å². The largest absolute Gasteiger partial charge is 0.493 e. The second-order valence-corrected chi connectivity index (χ2v) is 6.54. The molecule has 2 aromatic rings. The van der Waals surface area contributed by atoms with Crippen LogP contribution in [-0.4, -0.2) is 35.1 Å². The lowest BCUT2D eigenvalue weighted by Crippen LogP contribution is -2.19. The van der Waals surface area contributed by atoms with Crippen molar-refractivity contribution in [3.8, 4) is 11.5 Å². The zero-order valence-electron chi connectivity index (χ0n) is 14.8. The van der Waals surface area contributed by atoms with Crippen molar-refractivity contribution in [2.24, 2.45) is 10.2 Å². The average molecular weight is 400 g/mol. The molecule has 1 aliphatic heterocycles. The summed E-state index contributed by atoms with van der Waals surface area (Å²) in [5, 5.41) is 22.0. The normalized spacial score (nSPS) is 15.0. The van der Waals surface area contributed by atoms with Gasteiger partial charge < -0.3 is 14.8 Å². The van der Waals surface area contributed by atoms with Crippen LogP contribution in [0.1, 0.15) is 11.1 Å². The first kappa shape index (κ1) is 19.4. The van der Waals surface area contributed by atoms with E-state index in [1.807, 2.05) is 0 Å². The summed E-state index contributed by atoms with van der Waals surface area (Å²) in [5.74, 6) is 1.15. The molecule has 2 aromatic carbocycles. The van der Waals surface area contributed by atoms with Gasteiger partial charge in [-0.15, -0.1) is 5.10 Å². The quantitative estimate of drug-likeness (QED) is 0.434. The first-order valence-corrected chi connectivity index (χ1v) is 9.12. The SMILES string of the molecule is COc1cc(C=NN=C2NC(=O)CS2)ccc1OCc1ccccc1[N+](=O)[O-]. The van der Waals surface area contributed by atoms with E-state index in [1.165, 1.54) is 31.2 Å². The van der Waals surface area contributed by atoms with E-state index in [-0.39, 0.29) is 18.2 Å². The van der Waals surface area contributed by atoms with Gasteiger partial charge in [-0.2, -0.15) is 5.10 Å². The number of methoxy groups -OCH3 is 1. The summed E-state index contributed by atoms with van der Waals surface area (Å²) in [6.45, 7) is 0.0333. The van der Waals surface area contributed by atoms with Crippen molar-refractivity contribution in [1.29, 1.82) is 0 Å². The topological polar surface area (TPSA) is 115 Å². The molecule has 1 amide bonds. The maximum absolute atomic E-state index is 11.1. The molecule has 9 nitrogen and oxygen atoms in total. The lowest BCUT2D eigenvalue weighted by molar-refractivity contribution is -0.385. The van der Waals surface area contributed by atoms with Crippen LogP contribution in [0.4, 0.5) is 5.69 Å². The van der Waals surface area contributed by atoms with Crippen LogP contribution in [0.15, 0.2) is 52.7 Å². The van der Waals surface area contributed by atoms with E-state index in [2.05, 4.69) is 15.5 Å². The zero-order chi connectivity index (χ0) is 19.9. The monoisotopic (exact) mass is 400 g/mol. The fraction of sp³-hybridized carbons (Fsp3) is 0.167. The van der Waals surface area contributed by atoms with E-state index < -0.39 is 4.92 Å². The van der Waals surface area contributed by atoms with Gasteiger partial charge in [0.1, 0.15) is 6.61 Å². The van der Waals surface area contributed by atoms with Gasteiger partial charge in [0, 0.05) is 6.07 Å². The summed E-state index contributed by atoms with van der Waals surface area (Å²) >= 11 is 1.29. The number of nitrogens with zero attached hydrogens (tertiary/aromatic N) is 3. The minimum absolute atomic E-state index is 0.00112. The van der Waals surface area contributed by atoms with Crippen molar-refractivity contribution in [2.45, 2.75) is 6.61 Å². The number of nitro groups is 1. The number of hydrogen-bond acceptors (Lipinski definition) is 8. The molecule has 1 saturated heterocycles. The van der Waals surface area contributed by atoms with Crippen molar-refractivity contribution >= 4 is 34.7 Å². The Morgan fingerprint density at radius 1 is 1.29 bits per heavy atom. The van der Waals surface area contributed by atoms with Gasteiger partial charge in [0.15, 0.2) is 16.7 Å². The summed E-state index contributed by atoms with van der Waals surface area (Å²) in [4.78, 5) is 21.7. The van der Waals surface area contributed by atoms with E-state index in [0.717, 1.165) is 0 Å². The first-order valence-electron chi connectivity index (χ1n) is 8.13. The molecule has 0 atom stereocenters. The van der Waals surface area contributed by atoms with Crippen molar-refractivity contribution in [3.05, 3.63) is 63.7 Å². The Hall–Kier alpha value is -3.40. The summed E-state index contributed by atoms with van der Waals surface area (Å²) in [7, 11) is 1.50. The Labute approximate surface area is 164 Å². The van der Waals surface area contributed by atoms with Crippen LogP contribution in [0, 0.1) is 10.1 Å². The maximum Gasteiger partial charge on any atom is 0.276 e. The van der Waals surface area contributed by atoms with Crippen molar-refractivity contribution in [3.63, 3.8) is 0 Å². The highest BCUT2D eigenvalue weighted by atomic mass is 32.2. The fourth-order valence-corrected chi connectivity index (χ4v) is 3.01. The summed E-state index contributed by atoms with van der Waals surface area (Å²) in [6.07, 6.45) is 1.52. The number of thioether (sulfide) groups is 1. The van der Waals surface area contributed by atoms with Crippen molar-refractivity contribution < 1.29 is 19.2 Å². The third-order valence-electron chi connectivity index (χ3n) is 3.70. The fourth-order valence-electron chi connectivity index (χ4n) is 2.38. The molecule has 0 bridgehead atoms. The van der Waals surface area contributed by atoms with Gasteiger partial charge in [-0.05, 0) is 29.8 Å². The number of carbonyl (C=O) groups is 1. The highest BCUT2D eigenvalue weighted by Gasteiger charge is 2.16. The standard InChI is InChI=1S/C18H16N4O5S/c1-26-16-8-12(9-19-21-18-20-17(23)11-28-18)6-7-15(16)27-10-13-4-2-3-5-14(13)22(24)25/h2-9H,10-11H2,1H3,(H,20,21,23). The van der Waals surface area contributed by atoms with E-state index in [1.54, 1.807) is 36.4 Å². The number of nitrogens with one attached hydrogen (secondary N) is 1. The Kier molecular flexibility index (Phi) is 6.22. The highest BCUT2D eigenvalue weighted by molar-refractivity contribution is 8.15. The lowest BCUT2D eigenvalue weighted by Gasteiger charge is -2.11. The van der Waals surface area contributed by atoms with Gasteiger partial charge in [0.25, 0.3) is 5.69 Å². The molecular formula is C18H16N4O5S. The molecule has 0 saturated carbocycles. The van der Waals surface area contributed by atoms with Crippen LogP contribution >= 0.6 is 11.8 Å². The number of amides is 1. The van der Waals surface area contributed by atoms with Gasteiger partial charge in [0.2, 0.25) is 5.91 Å². The predicted molar refractivity (Wildman–Crippen MR) is 106 cm³/mol. The van der Waals surface area contributed by atoms with Gasteiger partial charge in [-0.3, -0.25) is 14.9 Å². The second-order valence-electron chi connectivity index (χ2n) is 5.57. The summed E-state index contributed by atoms with van der Waals surface area (Å²) < 4.78 is 11.0. The molecule has 0 aliphatic carbocycles. The van der Waals surface area contributed by atoms with Crippen molar-refractivity contribution in [1.82, 2.24) is 5.32 Å². The van der Waals surface area contributed by atoms with Gasteiger partial charge in [-0.25, -0.2) is 0 Å². The third-order valence-corrected chi connectivity index (χ3v) is 4.56. The van der Waals surface area contributed by atoms with Crippen LogP contribution in [0.25, 0.3) is 0 Å². The highest BCUT2D eigenvalue weighted by Crippen LogP contribution is 2.29. The molecule has 0 spiro atoms. The van der Waals surface area contributed by atoms with Gasteiger partial charge in [-0.1, -0.05) is 23.9 Å². The number of nitro benzene ring substituents is 1. The van der Waals surface area contributed by atoms with Crippen LogP contribution in [0.3, 0.4) is 0 Å². The number of amidine groups is 1. The van der Waals surface area contributed by atoms with Crippen LogP contribution < -0.4 is 14.8 Å². The number of rotatable bonds is 7. The molecule has 0 unspecified atom stereocenters. The minimum Gasteiger partial charge on any atom is -0.493 e. The Bertz CT molecular complexity index is 961. The molecule has 10 heteroatoms. The molecule has 144 valence electrons. The van der Waals surface area contributed by atoms with Gasteiger partial charge >= 0.3 is 0 Å². The van der Waals surface area contributed by atoms with Gasteiger partial charge in [0.05, 0.1) is 29.6 Å². The maximum atomic E-state index is 11.1. The molecular weight excluding hydrogens is 384 g/mol. The van der Waals surface area contributed by atoms with Crippen molar-refractivity contribution in [2.75, 3.05) is 12.9 Å². The molecule has 0 radical (unpaired) electrons. The molecule has 1 heterocycles. The third kappa shape index (κ3) is 4.86. The zero-order valence-corrected chi connectivity index (χ0v) is 15.6. The number of para-hydroxylation sites is 1. The van der Waals surface area contributed by atoms with Crippen LogP contribution in [0.5, 0.6) is 11.5 Å². The number of hydrogen-bond donors (Lipinski definition) is 1. The molecule has 1 aliphatic rings. The Morgan fingerprint density at radius 3 is 2.82 bits per heavy atom. The second kappa shape index (κ2) is 9.00. The summed E-state index contributed by atoms with van der Waals surface area (Å²) in [5.41, 5.74) is 1.18. The minimum atomic E-state index is -0.442. The van der Waals surface area contributed by atoms with Crippen LogP contribution in [-0.2, 0) is 11.4 Å². The first-order chi connectivity index (χ1) is 13.6. The Morgan fingerprint density at radius 2 is 2.11 bits per heavy atom. The number of benzene rings is 2. The van der Waals surface area contributed by atoms with E-state index >= 15 is 0 Å². The van der Waals surface area contributed by atoms with E-state index in [4.69, 9.17) is 9.47 Å². The van der Waals surface area contributed by atoms with Crippen LogP contribution in [0.2, 0.25) is 0 Å². The average Bonchev–Trinajstić information content (AvgIpc) is 3.12. The molecule has 0 aromatic heterocycles. The number of carbonyl (C=O) groups excluding carboxylic acids is 1. The molecule has 28 heavy (non-hydrogen) atoms.